The Balaban J connectivity index is 2.67. The fraction of sp³-hybridized carbons (Fsp3) is 0.600. The molecule has 0 bridgehead atoms. The van der Waals surface area contributed by atoms with Crippen LogP contribution in [0.15, 0.2) is 24.3 Å². The van der Waals surface area contributed by atoms with E-state index in [0.717, 1.165) is 18.7 Å². The summed E-state index contributed by atoms with van der Waals surface area (Å²) in [5, 5.41) is 3.48. The maximum Gasteiger partial charge on any atom is 0.119 e. The van der Waals surface area contributed by atoms with Crippen LogP contribution < -0.4 is 10.1 Å². The Bertz CT molecular complexity index is 322. The van der Waals surface area contributed by atoms with Crippen molar-refractivity contribution >= 4 is 0 Å². The van der Waals surface area contributed by atoms with Crippen LogP contribution in [-0.2, 0) is 4.74 Å². The summed E-state index contributed by atoms with van der Waals surface area (Å²) in [7, 11) is 1.73. The Morgan fingerprint density at radius 3 is 2.33 bits per heavy atom. The molecule has 0 aliphatic rings. The van der Waals surface area contributed by atoms with Crippen molar-refractivity contribution in [2.24, 2.45) is 0 Å². The van der Waals surface area contributed by atoms with Gasteiger partial charge in [0.2, 0.25) is 0 Å². The third-order valence-electron chi connectivity index (χ3n) is 2.63. The van der Waals surface area contributed by atoms with Gasteiger partial charge in [0, 0.05) is 7.11 Å². The van der Waals surface area contributed by atoms with Crippen molar-refractivity contribution in [3.63, 3.8) is 0 Å². The highest BCUT2D eigenvalue weighted by Crippen LogP contribution is 2.19. The lowest BCUT2D eigenvalue weighted by atomic mass is 10.1. The third kappa shape index (κ3) is 5.07. The molecule has 3 nitrogen and oxygen atoms in total. The maximum atomic E-state index is 5.64. The summed E-state index contributed by atoms with van der Waals surface area (Å²) in [6, 6.07) is 8.49. The van der Waals surface area contributed by atoms with Crippen LogP contribution in [-0.4, -0.2) is 26.4 Å². The molecule has 1 rings (SSSR count). The van der Waals surface area contributed by atoms with E-state index in [1.165, 1.54) is 5.56 Å². The highest BCUT2D eigenvalue weighted by atomic mass is 16.5. The SMILES string of the molecule is CCCNC(COC)c1ccc(OC(C)C)cc1. The monoisotopic (exact) mass is 251 g/mol. The zero-order valence-electron chi connectivity index (χ0n) is 11.9. The van der Waals surface area contributed by atoms with Gasteiger partial charge in [-0.3, -0.25) is 0 Å². The Kier molecular flexibility index (Phi) is 6.76. The average Bonchev–Trinajstić information content (AvgIpc) is 2.35. The summed E-state index contributed by atoms with van der Waals surface area (Å²) >= 11 is 0. The van der Waals surface area contributed by atoms with Crippen molar-refractivity contribution in [2.45, 2.75) is 39.3 Å². The van der Waals surface area contributed by atoms with Gasteiger partial charge in [0.1, 0.15) is 5.75 Å². The predicted octanol–water partition coefficient (Wildman–Crippen LogP) is 3.16. The molecular weight excluding hydrogens is 226 g/mol. The molecule has 0 amide bonds. The smallest absolute Gasteiger partial charge is 0.119 e. The fourth-order valence-electron chi connectivity index (χ4n) is 1.81. The standard InChI is InChI=1S/C15H25NO2/c1-5-10-16-15(11-17-4)13-6-8-14(9-7-13)18-12(2)3/h6-9,12,15-16H,5,10-11H2,1-4H3. The lowest BCUT2D eigenvalue weighted by Gasteiger charge is -2.18. The number of ether oxygens (including phenoxy) is 2. The highest BCUT2D eigenvalue weighted by Gasteiger charge is 2.10. The van der Waals surface area contributed by atoms with E-state index in [1.54, 1.807) is 7.11 Å². The van der Waals surface area contributed by atoms with Crippen LogP contribution in [0.1, 0.15) is 38.8 Å². The molecule has 1 atom stereocenters. The summed E-state index contributed by atoms with van der Waals surface area (Å²) in [4.78, 5) is 0. The van der Waals surface area contributed by atoms with Gasteiger partial charge in [0.15, 0.2) is 0 Å². The number of hydrogen-bond acceptors (Lipinski definition) is 3. The first-order chi connectivity index (χ1) is 8.67. The minimum absolute atomic E-state index is 0.212. The topological polar surface area (TPSA) is 30.5 Å². The van der Waals surface area contributed by atoms with Gasteiger partial charge in [0.05, 0.1) is 18.8 Å². The van der Waals surface area contributed by atoms with Crippen LogP contribution in [0.3, 0.4) is 0 Å². The van der Waals surface area contributed by atoms with Gasteiger partial charge in [0.25, 0.3) is 0 Å². The Morgan fingerprint density at radius 2 is 1.83 bits per heavy atom. The number of hydrogen-bond donors (Lipinski definition) is 1. The van der Waals surface area contributed by atoms with E-state index in [9.17, 15) is 0 Å². The van der Waals surface area contributed by atoms with Gasteiger partial charge in [-0.1, -0.05) is 19.1 Å². The van der Waals surface area contributed by atoms with E-state index in [1.807, 2.05) is 26.0 Å². The van der Waals surface area contributed by atoms with Crippen molar-refractivity contribution in [1.82, 2.24) is 5.32 Å². The molecule has 1 aromatic rings. The first kappa shape index (κ1) is 15.0. The number of methoxy groups -OCH3 is 1. The first-order valence-electron chi connectivity index (χ1n) is 6.66. The van der Waals surface area contributed by atoms with Crippen molar-refractivity contribution in [3.8, 4) is 5.75 Å². The summed E-state index contributed by atoms with van der Waals surface area (Å²) in [5.74, 6) is 0.917. The van der Waals surface area contributed by atoms with Gasteiger partial charge in [-0.25, -0.2) is 0 Å². The zero-order chi connectivity index (χ0) is 13.4. The molecule has 102 valence electrons. The summed E-state index contributed by atoms with van der Waals surface area (Å²) in [6.45, 7) is 7.91. The number of nitrogens with one attached hydrogen (secondary N) is 1. The quantitative estimate of drug-likeness (QED) is 0.770. The molecular formula is C15H25NO2. The second-order valence-corrected chi connectivity index (χ2v) is 4.70. The Labute approximate surface area is 110 Å². The van der Waals surface area contributed by atoms with Crippen molar-refractivity contribution in [3.05, 3.63) is 29.8 Å². The molecule has 0 aromatic heterocycles. The van der Waals surface area contributed by atoms with E-state index < -0.39 is 0 Å². The average molecular weight is 251 g/mol. The number of rotatable bonds is 8. The van der Waals surface area contributed by atoms with Gasteiger partial charge in [-0.05, 0) is 44.5 Å². The molecule has 0 aliphatic heterocycles. The predicted molar refractivity (Wildman–Crippen MR) is 75.1 cm³/mol. The normalized spacial score (nSPS) is 12.7. The minimum Gasteiger partial charge on any atom is -0.491 e. The maximum absolute atomic E-state index is 5.64. The molecule has 0 spiro atoms. The van der Waals surface area contributed by atoms with E-state index >= 15 is 0 Å². The molecule has 0 heterocycles. The molecule has 1 N–H and O–H groups in total. The van der Waals surface area contributed by atoms with Crippen LogP contribution in [0.5, 0.6) is 5.75 Å². The number of benzene rings is 1. The molecule has 0 fully saturated rings. The second kappa shape index (κ2) is 8.11. The van der Waals surface area contributed by atoms with Gasteiger partial charge >= 0.3 is 0 Å². The van der Waals surface area contributed by atoms with E-state index in [4.69, 9.17) is 9.47 Å². The largest absolute Gasteiger partial charge is 0.491 e. The van der Waals surface area contributed by atoms with Crippen LogP contribution in [0.2, 0.25) is 0 Å². The highest BCUT2D eigenvalue weighted by molar-refractivity contribution is 5.29. The van der Waals surface area contributed by atoms with Crippen LogP contribution in [0, 0.1) is 0 Å². The molecule has 0 aliphatic carbocycles. The van der Waals surface area contributed by atoms with Crippen LogP contribution in [0.25, 0.3) is 0 Å². The molecule has 1 aromatic carbocycles. The molecule has 18 heavy (non-hydrogen) atoms. The fourth-order valence-corrected chi connectivity index (χ4v) is 1.81. The van der Waals surface area contributed by atoms with Crippen molar-refractivity contribution < 1.29 is 9.47 Å². The van der Waals surface area contributed by atoms with E-state index in [-0.39, 0.29) is 12.1 Å². The molecule has 0 saturated carbocycles. The summed E-state index contributed by atoms with van der Waals surface area (Å²) in [5.41, 5.74) is 1.24. The first-order valence-corrected chi connectivity index (χ1v) is 6.66. The van der Waals surface area contributed by atoms with Crippen molar-refractivity contribution in [2.75, 3.05) is 20.3 Å². The molecule has 0 saturated heterocycles. The third-order valence-corrected chi connectivity index (χ3v) is 2.63. The molecule has 0 radical (unpaired) electrons. The van der Waals surface area contributed by atoms with E-state index in [2.05, 4.69) is 24.4 Å². The van der Waals surface area contributed by atoms with Gasteiger partial charge in [-0.2, -0.15) is 0 Å². The van der Waals surface area contributed by atoms with Crippen molar-refractivity contribution in [1.29, 1.82) is 0 Å². The zero-order valence-corrected chi connectivity index (χ0v) is 11.9. The molecule has 1 unspecified atom stereocenters. The van der Waals surface area contributed by atoms with Crippen LogP contribution >= 0.6 is 0 Å². The lowest BCUT2D eigenvalue weighted by Crippen LogP contribution is -2.25. The summed E-state index contributed by atoms with van der Waals surface area (Å²) in [6.07, 6.45) is 1.33. The Morgan fingerprint density at radius 1 is 1.17 bits per heavy atom. The van der Waals surface area contributed by atoms with Crippen LogP contribution in [0.4, 0.5) is 0 Å². The molecule has 3 heteroatoms. The Hall–Kier alpha value is -1.06. The van der Waals surface area contributed by atoms with E-state index in [0.29, 0.717) is 6.61 Å². The van der Waals surface area contributed by atoms with Gasteiger partial charge in [-0.15, -0.1) is 0 Å². The second-order valence-electron chi connectivity index (χ2n) is 4.70. The lowest BCUT2D eigenvalue weighted by molar-refractivity contribution is 0.167. The van der Waals surface area contributed by atoms with Gasteiger partial charge < -0.3 is 14.8 Å². The minimum atomic E-state index is 0.212. The summed E-state index contributed by atoms with van der Waals surface area (Å²) < 4.78 is 10.9.